The quantitative estimate of drug-likeness (QED) is 0.747. The Morgan fingerprint density at radius 3 is 2.00 bits per heavy atom. The Morgan fingerprint density at radius 2 is 1.46 bits per heavy atom. The van der Waals surface area contributed by atoms with Crippen LogP contribution < -0.4 is 11.5 Å². The van der Waals surface area contributed by atoms with Crippen LogP contribution in [0, 0.1) is 5.92 Å². The second-order valence-corrected chi connectivity index (χ2v) is 6.74. The third-order valence-electron chi connectivity index (χ3n) is 4.46. The summed E-state index contributed by atoms with van der Waals surface area (Å²) in [6.45, 7) is 5.08. The molecule has 0 saturated carbocycles. The molecule has 3 nitrogen and oxygen atoms in total. The van der Waals surface area contributed by atoms with Crippen molar-refractivity contribution >= 4 is 12.6 Å². The van der Waals surface area contributed by atoms with Crippen LogP contribution in [0.5, 0.6) is 0 Å². The molecule has 0 radical (unpaired) electrons. The lowest BCUT2D eigenvalue weighted by Gasteiger charge is -2.30. The monoisotopic (exact) mass is 343 g/mol. The van der Waals surface area contributed by atoms with Gasteiger partial charge in [0.1, 0.15) is 0 Å². The van der Waals surface area contributed by atoms with E-state index in [1.807, 2.05) is 30.3 Å². The Balaban J connectivity index is 0.000000177. The first-order chi connectivity index (χ1) is 11.7. The molecule has 4 N–H and O–H groups in total. The summed E-state index contributed by atoms with van der Waals surface area (Å²) in [7, 11) is 0. The molecule has 3 rings (SSSR count). The molecule has 2 aromatic carbocycles. The summed E-state index contributed by atoms with van der Waals surface area (Å²) < 4.78 is 0. The van der Waals surface area contributed by atoms with Gasteiger partial charge in [0.05, 0.1) is 0 Å². The second-order valence-electron chi connectivity index (χ2n) is 6.22. The second kappa shape index (κ2) is 10.5. The standard InChI is InChI=1S/C12H10S.C8H19N3/c13-12-8-6-11(7-9-12)10-4-2-1-3-5-10;9-3-6-11-4-1-8(7-10)2-5-11/h1-9,13H;8H,1-7,9-10H2. The fourth-order valence-electron chi connectivity index (χ4n) is 2.91. The van der Waals surface area contributed by atoms with Gasteiger partial charge in [-0.1, -0.05) is 42.5 Å². The predicted octanol–water partition coefficient (Wildman–Crippen LogP) is 3.26. The molecule has 0 aliphatic carbocycles. The van der Waals surface area contributed by atoms with Gasteiger partial charge in [-0.05, 0) is 61.7 Å². The Hall–Kier alpha value is -1.33. The summed E-state index contributed by atoms with van der Waals surface area (Å²) in [5, 5.41) is 0. The summed E-state index contributed by atoms with van der Waals surface area (Å²) in [6.07, 6.45) is 2.52. The predicted molar refractivity (Wildman–Crippen MR) is 106 cm³/mol. The number of hydrogen-bond acceptors (Lipinski definition) is 4. The zero-order chi connectivity index (χ0) is 17.2. The van der Waals surface area contributed by atoms with E-state index in [1.54, 1.807) is 0 Å². The minimum atomic E-state index is 0.768. The summed E-state index contributed by atoms with van der Waals surface area (Å²) in [5.41, 5.74) is 13.5. The lowest BCUT2D eigenvalue weighted by molar-refractivity contribution is 0.192. The van der Waals surface area contributed by atoms with Crippen LogP contribution in [0.1, 0.15) is 12.8 Å². The lowest BCUT2D eigenvalue weighted by atomic mass is 9.97. The number of nitrogens with zero attached hydrogens (tertiary/aromatic N) is 1. The van der Waals surface area contributed by atoms with Crippen LogP contribution in [-0.4, -0.2) is 37.6 Å². The molecule has 2 aromatic rings. The van der Waals surface area contributed by atoms with Crippen LogP contribution in [0.3, 0.4) is 0 Å². The van der Waals surface area contributed by atoms with E-state index in [0.717, 1.165) is 30.4 Å². The average molecular weight is 344 g/mol. The maximum Gasteiger partial charge on any atom is 0.0105 e. The maximum absolute atomic E-state index is 5.58. The number of hydrogen-bond donors (Lipinski definition) is 3. The van der Waals surface area contributed by atoms with Gasteiger partial charge >= 0.3 is 0 Å². The van der Waals surface area contributed by atoms with Gasteiger partial charge in [0.2, 0.25) is 0 Å². The molecule has 0 atom stereocenters. The van der Waals surface area contributed by atoms with Crippen LogP contribution in [-0.2, 0) is 0 Å². The Labute approximate surface area is 151 Å². The summed E-state index contributed by atoms with van der Waals surface area (Å²) in [5.74, 6) is 0.768. The normalized spacial score (nSPS) is 15.6. The maximum atomic E-state index is 5.58. The number of thiol groups is 1. The van der Waals surface area contributed by atoms with E-state index in [9.17, 15) is 0 Å². The lowest BCUT2D eigenvalue weighted by Crippen LogP contribution is -2.38. The zero-order valence-electron chi connectivity index (χ0n) is 14.3. The first-order valence-electron chi connectivity index (χ1n) is 8.70. The number of likely N-dealkylation sites (tertiary alicyclic amines) is 1. The minimum Gasteiger partial charge on any atom is -0.330 e. The van der Waals surface area contributed by atoms with E-state index in [2.05, 4.69) is 41.8 Å². The highest BCUT2D eigenvalue weighted by atomic mass is 32.1. The van der Waals surface area contributed by atoms with Crippen molar-refractivity contribution in [1.29, 1.82) is 0 Å². The van der Waals surface area contributed by atoms with Gasteiger partial charge in [0.25, 0.3) is 0 Å². The molecule has 1 fully saturated rings. The Bertz CT molecular complexity index is 563. The van der Waals surface area contributed by atoms with Crippen molar-refractivity contribution in [2.45, 2.75) is 17.7 Å². The summed E-state index contributed by atoms with van der Waals surface area (Å²) >= 11 is 4.24. The third-order valence-corrected chi connectivity index (χ3v) is 4.76. The van der Waals surface area contributed by atoms with Crippen molar-refractivity contribution in [3.8, 4) is 11.1 Å². The van der Waals surface area contributed by atoms with Crippen LogP contribution in [0.15, 0.2) is 59.5 Å². The minimum absolute atomic E-state index is 0.768. The van der Waals surface area contributed by atoms with Gasteiger partial charge < -0.3 is 16.4 Å². The SMILES string of the molecule is NCCN1CCC(CN)CC1.Sc1ccc(-c2ccccc2)cc1. The zero-order valence-corrected chi connectivity index (χ0v) is 15.2. The van der Waals surface area contributed by atoms with Crippen molar-refractivity contribution in [3.63, 3.8) is 0 Å². The molecule has 1 aliphatic rings. The molecule has 0 spiro atoms. The largest absolute Gasteiger partial charge is 0.330 e. The van der Waals surface area contributed by atoms with Gasteiger partial charge in [-0.2, -0.15) is 0 Å². The molecule has 0 bridgehead atoms. The van der Waals surface area contributed by atoms with Crippen LogP contribution in [0.25, 0.3) is 11.1 Å². The Morgan fingerprint density at radius 1 is 0.875 bits per heavy atom. The number of piperidine rings is 1. The van der Waals surface area contributed by atoms with Gasteiger partial charge in [-0.15, -0.1) is 12.6 Å². The molecule has 0 unspecified atom stereocenters. The molecular weight excluding hydrogens is 314 g/mol. The highest BCUT2D eigenvalue weighted by Gasteiger charge is 2.16. The smallest absolute Gasteiger partial charge is 0.0105 e. The molecule has 0 aromatic heterocycles. The van der Waals surface area contributed by atoms with Crippen molar-refractivity contribution in [1.82, 2.24) is 4.90 Å². The molecule has 130 valence electrons. The molecule has 1 saturated heterocycles. The van der Waals surface area contributed by atoms with Gasteiger partial charge in [0, 0.05) is 18.0 Å². The van der Waals surface area contributed by atoms with Crippen LogP contribution in [0.2, 0.25) is 0 Å². The first kappa shape index (κ1) is 19.0. The van der Waals surface area contributed by atoms with Crippen molar-refractivity contribution < 1.29 is 0 Å². The van der Waals surface area contributed by atoms with Gasteiger partial charge in [0.15, 0.2) is 0 Å². The molecule has 24 heavy (non-hydrogen) atoms. The first-order valence-corrected chi connectivity index (χ1v) is 9.14. The van der Waals surface area contributed by atoms with Crippen molar-refractivity contribution in [2.75, 3.05) is 32.7 Å². The molecule has 0 amide bonds. The van der Waals surface area contributed by atoms with Crippen LogP contribution >= 0.6 is 12.6 Å². The highest BCUT2D eigenvalue weighted by molar-refractivity contribution is 7.80. The fourth-order valence-corrected chi connectivity index (χ4v) is 3.06. The average Bonchev–Trinajstić information content (AvgIpc) is 2.65. The van der Waals surface area contributed by atoms with E-state index in [-0.39, 0.29) is 0 Å². The Kier molecular flexibility index (Phi) is 8.33. The molecule has 1 aliphatic heterocycles. The van der Waals surface area contributed by atoms with E-state index < -0.39 is 0 Å². The summed E-state index contributed by atoms with van der Waals surface area (Å²) in [4.78, 5) is 3.42. The topological polar surface area (TPSA) is 55.3 Å². The van der Waals surface area contributed by atoms with E-state index in [1.165, 1.54) is 37.1 Å². The molecular formula is C20H29N3S. The molecule has 4 heteroatoms. The molecule has 1 heterocycles. The van der Waals surface area contributed by atoms with Crippen molar-refractivity contribution in [3.05, 3.63) is 54.6 Å². The number of benzene rings is 2. The van der Waals surface area contributed by atoms with E-state index >= 15 is 0 Å². The highest BCUT2D eigenvalue weighted by Crippen LogP contribution is 2.20. The number of nitrogens with two attached hydrogens (primary N) is 2. The van der Waals surface area contributed by atoms with Gasteiger partial charge in [-0.3, -0.25) is 0 Å². The number of rotatable bonds is 4. The van der Waals surface area contributed by atoms with Gasteiger partial charge in [-0.25, -0.2) is 0 Å². The van der Waals surface area contributed by atoms with Crippen LogP contribution in [0.4, 0.5) is 0 Å². The van der Waals surface area contributed by atoms with Crippen molar-refractivity contribution in [2.24, 2.45) is 17.4 Å². The summed E-state index contributed by atoms with van der Waals surface area (Å²) in [6, 6.07) is 18.5. The van der Waals surface area contributed by atoms with E-state index in [4.69, 9.17) is 11.5 Å². The van der Waals surface area contributed by atoms with E-state index in [0.29, 0.717) is 0 Å². The fraction of sp³-hybridized carbons (Fsp3) is 0.400. The third kappa shape index (κ3) is 6.29.